The number of carbonyl (C=O) groups excluding carboxylic acids is 2. The first kappa shape index (κ1) is 18.9. The molecule has 3 heterocycles. The molecule has 1 fully saturated rings. The number of nitrogens with zero attached hydrogens (tertiary/aromatic N) is 3. The fourth-order valence-corrected chi connectivity index (χ4v) is 6.31. The van der Waals surface area contributed by atoms with Crippen molar-refractivity contribution in [1.29, 1.82) is 5.26 Å². The van der Waals surface area contributed by atoms with Crippen molar-refractivity contribution in [2.75, 3.05) is 17.2 Å². The van der Waals surface area contributed by atoms with Crippen LogP contribution in [0.2, 0.25) is 0 Å². The fraction of sp³-hybridized carbons (Fsp3) is 0.174. The zero-order chi connectivity index (χ0) is 20.7. The lowest BCUT2D eigenvalue weighted by Crippen LogP contribution is -2.50. The van der Waals surface area contributed by atoms with Gasteiger partial charge in [0.15, 0.2) is 4.87 Å². The number of para-hydroxylation sites is 1. The van der Waals surface area contributed by atoms with E-state index >= 15 is 0 Å². The highest BCUT2D eigenvalue weighted by molar-refractivity contribution is 8.01. The van der Waals surface area contributed by atoms with Gasteiger partial charge in [-0.25, -0.2) is 0 Å². The number of anilines is 1. The number of fused-ring (bicyclic) bond motifs is 2. The number of thiophene rings is 1. The molecule has 30 heavy (non-hydrogen) atoms. The lowest BCUT2D eigenvalue weighted by Gasteiger charge is -2.33. The Hall–Kier alpha value is -3.08. The molecule has 1 unspecified atom stereocenters. The molecule has 1 spiro atoms. The molecule has 0 aliphatic carbocycles. The molecular formula is C23H17N3O2S2. The largest absolute Gasteiger partial charge is 0.310 e. The second-order valence-electron chi connectivity index (χ2n) is 7.15. The number of benzene rings is 2. The highest BCUT2D eigenvalue weighted by Gasteiger charge is 2.59. The highest BCUT2D eigenvalue weighted by atomic mass is 32.2. The molecule has 1 aromatic heterocycles. The number of hydrogen-bond acceptors (Lipinski definition) is 5. The van der Waals surface area contributed by atoms with Gasteiger partial charge in [-0.05, 0) is 35.2 Å². The second-order valence-corrected chi connectivity index (χ2v) is 9.38. The van der Waals surface area contributed by atoms with Gasteiger partial charge >= 0.3 is 0 Å². The number of amides is 2. The van der Waals surface area contributed by atoms with Gasteiger partial charge < -0.3 is 9.80 Å². The number of thioether (sulfide) groups is 1. The zero-order valence-corrected chi connectivity index (χ0v) is 17.6. The third-order valence-corrected chi connectivity index (χ3v) is 7.75. The van der Waals surface area contributed by atoms with E-state index in [0.29, 0.717) is 29.3 Å². The van der Waals surface area contributed by atoms with Gasteiger partial charge in [-0.15, -0.1) is 23.1 Å². The van der Waals surface area contributed by atoms with Crippen LogP contribution < -0.4 is 4.90 Å². The molecule has 2 aromatic carbocycles. The number of carbonyl (C=O) groups is 2. The zero-order valence-electron chi connectivity index (χ0n) is 15.9. The molecule has 1 saturated heterocycles. The number of rotatable bonds is 3. The highest BCUT2D eigenvalue weighted by Crippen LogP contribution is 2.54. The summed E-state index contributed by atoms with van der Waals surface area (Å²) in [4.78, 5) is 30.3. The van der Waals surface area contributed by atoms with Crippen LogP contribution >= 0.6 is 23.1 Å². The van der Waals surface area contributed by atoms with E-state index in [9.17, 15) is 14.9 Å². The Labute approximate surface area is 182 Å². The fourth-order valence-electron chi connectivity index (χ4n) is 4.18. The minimum atomic E-state index is -1.04. The summed E-state index contributed by atoms with van der Waals surface area (Å²) in [6.45, 7) is 0.883. The standard InChI is InChI=1S/C23H17N3O2S2/c24-14-16-5-3-6-17(13-16)15-25-19-8-2-1-7-18(19)23(22(25)28)26(10-12-30-23)21(27)20-9-4-11-29-20/h1-9,11,13H,10,12,15H2. The maximum Gasteiger partial charge on any atom is 0.268 e. The van der Waals surface area contributed by atoms with Gasteiger partial charge in [-0.1, -0.05) is 36.4 Å². The summed E-state index contributed by atoms with van der Waals surface area (Å²) in [5, 5.41) is 11.1. The van der Waals surface area contributed by atoms with Gasteiger partial charge in [0, 0.05) is 17.9 Å². The normalized spacial score (nSPS) is 19.9. The van der Waals surface area contributed by atoms with Crippen LogP contribution in [-0.2, 0) is 16.2 Å². The van der Waals surface area contributed by atoms with Crippen molar-refractivity contribution < 1.29 is 9.59 Å². The lowest BCUT2D eigenvalue weighted by molar-refractivity contribution is -0.123. The van der Waals surface area contributed by atoms with Crippen LogP contribution in [0.5, 0.6) is 0 Å². The summed E-state index contributed by atoms with van der Waals surface area (Å²) in [5.41, 5.74) is 3.13. The van der Waals surface area contributed by atoms with Crippen LogP contribution in [-0.4, -0.2) is 29.0 Å². The van der Waals surface area contributed by atoms with E-state index < -0.39 is 4.87 Å². The molecule has 0 bridgehead atoms. The van der Waals surface area contributed by atoms with Gasteiger partial charge in [-0.3, -0.25) is 9.59 Å². The van der Waals surface area contributed by atoms with Crippen molar-refractivity contribution in [3.05, 3.63) is 87.6 Å². The van der Waals surface area contributed by atoms with E-state index in [1.807, 2.05) is 47.8 Å². The molecule has 0 N–H and O–H groups in total. The number of hydrogen-bond donors (Lipinski definition) is 0. The van der Waals surface area contributed by atoms with E-state index in [-0.39, 0.29) is 11.8 Å². The average molecular weight is 432 g/mol. The summed E-state index contributed by atoms with van der Waals surface area (Å²) in [7, 11) is 0. The molecule has 3 aromatic rings. The van der Waals surface area contributed by atoms with Crippen LogP contribution in [0.1, 0.15) is 26.4 Å². The Kier molecular flexibility index (Phi) is 4.61. The molecule has 1 atom stereocenters. The minimum absolute atomic E-state index is 0.0986. The maximum atomic E-state index is 13.9. The molecule has 0 saturated carbocycles. The lowest BCUT2D eigenvalue weighted by atomic mass is 10.1. The first-order chi connectivity index (χ1) is 14.6. The van der Waals surface area contributed by atoms with Gasteiger partial charge in [-0.2, -0.15) is 5.26 Å². The van der Waals surface area contributed by atoms with Gasteiger partial charge in [0.1, 0.15) is 0 Å². The van der Waals surface area contributed by atoms with Crippen LogP contribution in [0.25, 0.3) is 0 Å². The van der Waals surface area contributed by atoms with Crippen molar-refractivity contribution in [3.63, 3.8) is 0 Å². The topological polar surface area (TPSA) is 64.4 Å². The molecule has 5 nitrogen and oxygen atoms in total. The Morgan fingerprint density at radius 3 is 2.80 bits per heavy atom. The molecule has 2 aliphatic rings. The predicted molar refractivity (Wildman–Crippen MR) is 118 cm³/mol. The van der Waals surface area contributed by atoms with Crippen LogP contribution in [0.4, 0.5) is 5.69 Å². The van der Waals surface area contributed by atoms with Crippen LogP contribution in [0, 0.1) is 11.3 Å². The van der Waals surface area contributed by atoms with E-state index in [2.05, 4.69) is 6.07 Å². The Morgan fingerprint density at radius 1 is 1.13 bits per heavy atom. The van der Waals surface area contributed by atoms with E-state index in [1.165, 1.54) is 23.1 Å². The van der Waals surface area contributed by atoms with Crippen molar-refractivity contribution in [1.82, 2.24) is 4.90 Å². The maximum absolute atomic E-state index is 13.9. The smallest absolute Gasteiger partial charge is 0.268 e. The Morgan fingerprint density at radius 2 is 2.00 bits per heavy atom. The summed E-state index contributed by atoms with van der Waals surface area (Å²) >= 11 is 2.92. The molecule has 5 rings (SSSR count). The van der Waals surface area contributed by atoms with Gasteiger partial charge in [0.2, 0.25) is 0 Å². The predicted octanol–water partition coefficient (Wildman–Crippen LogP) is 4.21. The van der Waals surface area contributed by atoms with Crippen LogP contribution in [0.15, 0.2) is 66.0 Å². The quantitative estimate of drug-likeness (QED) is 0.623. The SMILES string of the molecule is N#Cc1cccc(CN2C(=O)C3(SCCN3C(=O)c3cccs3)c3ccccc32)c1. The minimum Gasteiger partial charge on any atom is -0.310 e. The molecule has 2 amide bonds. The molecular weight excluding hydrogens is 414 g/mol. The summed E-state index contributed by atoms with van der Waals surface area (Å²) < 4.78 is 0. The van der Waals surface area contributed by atoms with Crippen molar-refractivity contribution in [2.45, 2.75) is 11.4 Å². The van der Waals surface area contributed by atoms with E-state index in [1.54, 1.807) is 28.0 Å². The summed E-state index contributed by atoms with van der Waals surface area (Å²) in [6.07, 6.45) is 0. The number of nitriles is 1. The van der Waals surface area contributed by atoms with E-state index in [0.717, 1.165) is 16.8 Å². The van der Waals surface area contributed by atoms with Gasteiger partial charge in [0.25, 0.3) is 11.8 Å². The monoisotopic (exact) mass is 431 g/mol. The summed E-state index contributed by atoms with van der Waals surface area (Å²) in [5.74, 6) is 0.500. The molecule has 0 radical (unpaired) electrons. The Balaban J connectivity index is 1.58. The van der Waals surface area contributed by atoms with Crippen molar-refractivity contribution in [3.8, 4) is 6.07 Å². The van der Waals surface area contributed by atoms with Crippen molar-refractivity contribution >= 4 is 40.6 Å². The van der Waals surface area contributed by atoms with Crippen LogP contribution in [0.3, 0.4) is 0 Å². The second kappa shape index (κ2) is 7.31. The van der Waals surface area contributed by atoms with Crippen molar-refractivity contribution in [2.24, 2.45) is 0 Å². The first-order valence-electron chi connectivity index (χ1n) is 9.55. The van der Waals surface area contributed by atoms with Gasteiger partial charge in [0.05, 0.1) is 28.7 Å². The Bertz CT molecular complexity index is 1190. The molecule has 7 heteroatoms. The summed E-state index contributed by atoms with van der Waals surface area (Å²) in [6, 6.07) is 20.8. The molecule has 2 aliphatic heterocycles. The third-order valence-electron chi connectivity index (χ3n) is 5.47. The van der Waals surface area contributed by atoms with E-state index in [4.69, 9.17) is 0 Å². The average Bonchev–Trinajstić information content (AvgIpc) is 3.51. The third kappa shape index (κ3) is 2.76. The first-order valence-corrected chi connectivity index (χ1v) is 11.4. The molecule has 148 valence electrons.